The number of nitrogens with two attached hydrogens (primary N) is 1. The van der Waals surface area contributed by atoms with Gasteiger partial charge in [0.25, 0.3) is 5.56 Å². The smallest absolute Gasteiger partial charge is 0.261 e. The average Bonchev–Trinajstić information content (AvgIpc) is 2.59. The Balaban J connectivity index is 2.63. The van der Waals surface area contributed by atoms with Gasteiger partial charge in [-0.2, -0.15) is 4.37 Å². The molecule has 1 unspecified atom stereocenters. The summed E-state index contributed by atoms with van der Waals surface area (Å²) in [5.74, 6) is 0.769. The topological polar surface area (TPSA) is 84.7 Å². The molecule has 0 spiro atoms. The molecule has 0 saturated heterocycles. The van der Waals surface area contributed by atoms with Crippen molar-refractivity contribution in [3.63, 3.8) is 0 Å². The summed E-state index contributed by atoms with van der Waals surface area (Å²) in [5.41, 5.74) is 6.53. The van der Waals surface area contributed by atoms with Crippen LogP contribution in [0.25, 0.3) is 10.2 Å². The zero-order chi connectivity index (χ0) is 11.9. The lowest BCUT2D eigenvalue weighted by Crippen LogP contribution is -2.23. The Hall–Kier alpha value is -1.27. The van der Waals surface area contributed by atoms with Crippen molar-refractivity contribution in [3.8, 4) is 0 Å². The normalized spacial score (nSPS) is 13.6. The molecular weight excluding hydrogens is 224 g/mol. The molecule has 0 aromatic carbocycles. The van der Waals surface area contributed by atoms with Crippen molar-refractivity contribution in [2.45, 2.75) is 26.8 Å². The lowest BCUT2D eigenvalue weighted by atomic mass is 10.1. The highest BCUT2D eigenvalue weighted by atomic mass is 32.1. The number of aryl methyl sites for hydroxylation is 1. The van der Waals surface area contributed by atoms with E-state index in [0.29, 0.717) is 16.0 Å². The minimum atomic E-state index is -0.250. The van der Waals surface area contributed by atoms with E-state index in [9.17, 15) is 4.79 Å². The molecule has 16 heavy (non-hydrogen) atoms. The van der Waals surface area contributed by atoms with Crippen LogP contribution in [-0.2, 0) is 0 Å². The van der Waals surface area contributed by atoms with Gasteiger partial charge in [0.15, 0.2) is 4.83 Å². The molecule has 2 rings (SSSR count). The largest absolute Gasteiger partial charge is 0.321 e. The third kappa shape index (κ3) is 1.74. The molecule has 0 aliphatic rings. The van der Waals surface area contributed by atoms with E-state index in [4.69, 9.17) is 5.73 Å². The molecule has 0 aliphatic carbocycles. The fourth-order valence-electron chi connectivity index (χ4n) is 1.49. The number of hydrogen-bond donors (Lipinski definition) is 2. The van der Waals surface area contributed by atoms with Crippen LogP contribution in [0.2, 0.25) is 0 Å². The van der Waals surface area contributed by atoms with Crippen molar-refractivity contribution in [1.29, 1.82) is 0 Å². The molecule has 2 aromatic rings. The van der Waals surface area contributed by atoms with Gasteiger partial charge in [-0.15, -0.1) is 0 Å². The standard InChI is InChI=1S/C10H14N4OS/c1-4(2)7(11)8-12-9(15)6-5(3)14-16-10(6)13-8/h4,7H,11H2,1-3H3,(H,12,13,15). The molecular formula is C10H14N4OS. The summed E-state index contributed by atoms with van der Waals surface area (Å²) in [7, 11) is 0. The van der Waals surface area contributed by atoms with Gasteiger partial charge in [0.1, 0.15) is 5.82 Å². The van der Waals surface area contributed by atoms with Crippen LogP contribution in [0.4, 0.5) is 0 Å². The Labute approximate surface area is 96.9 Å². The third-order valence-corrected chi connectivity index (χ3v) is 3.40. The molecule has 0 aliphatic heterocycles. The van der Waals surface area contributed by atoms with Gasteiger partial charge in [0.05, 0.1) is 17.1 Å². The maximum absolute atomic E-state index is 11.8. The maximum Gasteiger partial charge on any atom is 0.261 e. The Morgan fingerprint density at radius 2 is 2.12 bits per heavy atom. The van der Waals surface area contributed by atoms with Gasteiger partial charge in [-0.25, -0.2) is 4.98 Å². The molecule has 2 aromatic heterocycles. The first kappa shape index (κ1) is 11.2. The lowest BCUT2D eigenvalue weighted by molar-refractivity contribution is 0.491. The van der Waals surface area contributed by atoms with E-state index in [0.717, 1.165) is 5.69 Å². The number of aromatic amines is 1. The van der Waals surface area contributed by atoms with E-state index in [1.165, 1.54) is 11.5 Å². The number of fused-ring (bicyclic) bond motifs is 1. The van der Waals surface area contributed by atoms with Crippen molar-refractivity contribution in [1.82, 2.24) is 14.3 Å². The number of aromatic nitrogens is 3. The Morgan fingerprint density at radius 1 is 1.44 bits per heavy atom. The summed E-state index contributed by atoms with van der Waals surface area (Å²) in [6, 6.07) is -0.250. The summed E-state index contributed by atoms with van der Waals surface area (Å²) < 4.78 is 4.12. The Morgan fingerprint density at radius 3 is 2.75 bits per heavy atom. The first-order chi connectivity index (χ1) is 7.50. The molecule has 0 fully saturated rings. The predicted octanol–water partition coefficient (Wildman–Crippen LogP) is 1.34. The van der Waals surface area contributed by atoms with Crippen LogP contribution in [0.3, 0.4) is 0 Å². The van der Waals surface area contributed by atoms with E-state index in [2.05, 4.69) is 14.3 Å². The van der Waals surface area contributed by atoms with Crippen LogP contribution in [0.5, 0.6) is 0 Å². The van der Waals surface area contributed by atoms with Crippen molar-refractivity contribution in [2.24, 2.45) is 11.7 Å². The third-order valence-electron chi connectivity index (χ3n) is 2.57. The minimum absolute atomic E-state index is 0.151. The Kier molecular flexibility index (Phi) is 2.77. The quantitative estimate of drug-likeness (QED) is 0.827. The second kappa shape index (κ2) is 3.95. The maximum atomic E-state index is 11.8. The first-order valence-electron chi connectivity index (χ1n) is 5.12. The molecule has 5 nitrogen and oxygen atoms in total. The van der Waals surface area contributed by atoms with Crippen molar-refractivity contribution in [3.05, 3.63) is 21.9 Å². The van der Waals surface area contributed by atoms with Crippen molar-refractivity contribution in [2.75, 3.05) is 0 Å². The number of hydrogen-bond acceptors (Lipinski definition) is 5. The second-order valence-corrected chi connectivity index (χ2v) is 4.92. The predicted molar refractivity (Wildman–Crippen MR) is 64.5 cm³/mol. The van der Waals surface area contributed by atoms with E-state index in [1.807, 2.05) is 13.8 Å². The summed E-state index contributed by atoms with van der Waals surface area (Å²) in [6.45, 7) is 5.79. The highest BCUT2D eigenvalue weighted by Gasteiger charge is 2.16. The van der Waals surface area contributed by atoms with Crippen LogP contribution >= 0.6 is 11.5 Å². The van der Waals surface area contributed by atoms with E-state index < -0.39 is 0 Å². The molecule has 2 heterocycles. The molecule has 1 atom stereocenters. The zero-order valence-electron chi connectivity index (χ0n) is 9.44. The molecule has 6 heteroatoms. The van der Waals surface area contributed by atoms with Gasteiger partial charge in [0.2, 0.25) is 0 Å². The second-order valence-electron chi connectivity index (χ2n) is 4.17. The van der Waals surface area contributed by atoms with Crippen LogP contribution in [0.15, 0.2) is 4.79 Å². The number of H-pyrrole nitrogens is 1. The van der Waals surface area contributed by atoms with Gasteiger partial charge in [-0.05, 0) is 24.4 Å². The summed E-state index contributed by atoms with van der Waals surface area (Å²) in [5, 5.41) is 0.574. The van der Waals surface area contributed by atoms with Gasteiger partial charge in [-0.1, -0.05) is 13.8 Å². The molecule has 3 N–H and O–H groups in total. The summed E-state index contributed by atoms with van der Waals surface area (Å²) >= 11 is 1.23. The molecule has 0 radical (unpaired) electrons. The highest BCUT2D eigenvalue weighted by molar-refractivity contribution is 7.12. The van der Waals surface area contributed by atoms with E-state index >= 15 is 0 Å². The minimum Gasteiger partial charge on any atom is -0.321 e. The fourth-order valence-corrected chi connectivity index (χ4v) is 2.27. The van der Waals surface area contributed by atoms with Gasteiger partial charge < -0.3 is 10.7 Å². The summed E-state index contributed by atoms with van der Waals surface area (Å²) in [6.07, 6.45) is 0. The van der Waals surface area contributed by atoms with Gasteiger partial charge in [-0.3, -0.25) is 4.79 Å². The monoisotopic (exact) mass is 238 g/mol. The highest BCUT2D eigenvalue weighted by Crippen LogP contribution is 2.19. The number of nitrogens with one attached hydrogen (secondary N) is 1. The van der Waals surface area contributed by atoms with Crippen LogP contribution in [0.1, 0.15) is 31.4 Å². The first-order valence-corrected chi connectivity index (χ1v) is 5.90. The molecule has 0 saturated carbocycles. The average molecular weight is 238 g/mol. The number of nitrogens with zero attached hydrogens (tertiary/aromatic N) is 2. The summed E-state index contributed by atoms with van der Waals surface area (Å²) in [4.78, 5) is 19.6. The van der Waals surface area contributed by atoms with Crippen LogP contribution < -0.4 is 11.3 Å². The Bertz CT molecular complexity index is 572. The van der Waals surface area contributed by atoms with Crippen LogP contribution in [0, 0.1) is 12.8 Å². The van der Waals surface area contributed by atoms with Crippen molar-refractivity contribution < 1.29 is 0 Å². The van der Waals surface area contributed by atoms with E-state index in [-0.39, 0.29) is 17.5 Å². The molecule has 0 amide bonds. The fraction of sp³-hybridized carbons (Fsp3) is 0.500. The van der Waals surface area contributed by atoms with E-state index in [1.54, 1.807) is 6.92 Å². The van der Waals surface area contributed by atoms with Gasteiger partial charge in [0, 0.05) is 0 Å². The lowest BCUT2D eigenvalue weighted by Gasteiger charge is -2.13. The zero-order valence-corrected chi connectivity index (χ0v) is 10.3. The van der Waals surface area contributed by atoms with Gasteiger partial charge >= 0.3 is 0 Å². The van der Waals surface area contributed by atoms with Crippen LogP contribution in [-0.4, -0.2) is 14.3 Å². The number of rotatable bonds is 2. The SMILES string of the molecule is Cc1nsc2nc(C(N)C(C)C)[nH]c(=O)c12. The molecule has 86 valence electrons. The molecule has 0 bridgehead atoms. The van der Waals surface area contributed by atoms with Crippen molar-refractivity contribution >= 4 is 21.7 Å².